The summed E-state index contributed by atoms with van der Waals surface area (Å²) in [5, 5.41) is 10.5. The van der Waals surface area contributed by atoms with Crippen molar-refractivity contribution >= 4 is 11.7 Å². The lowest BCUT2D eigenvalue weighted by atomic mass is 9.95. The third-order valence-electron chi connectivity index (χ3n) is 3.97. The fourth-order valence-electron chi connectivity index (χ4n) is 3.13. The molecule has 1 aromatic heterocycles. The lowest BCUT2D eigenvalue weighted by Crippen LogP contribution is -2.38. The molecule has 2 fully saturated rings. The number of hydrogen-bond acceptors (Lipinski definition) is 4. The first-order chi connectivity index (χ1) is 8.22. The molecule has 5 nitrogen and oxygen atoms in total. The van der Waals surface area contributed by atoms with Crippen LogP contribution in [-0.2, 0) is 0 Å². The smallest absolute Gasteiger partial charge is 0.272 e. The molecule has 3 unspecified atom stereocenters. The fourth-order valence-corrected chi connectivity index (χ4v) is 3.13. The number of carbonyl (C=O) groups excluding carboxylic acids is 1. The van der Waals surface area contributed by atoms with Gasteiger partial charge in [0.2, 0.25) is 0 Å². The summed E-state index contributed by atoms with van der Waals surface area (Å²) in [5.41, 5.74) is 5.78. The minimum Gasteiger partial charge on any atom is -0.382 e. The molecule has 2 saturated carbocycles. The van der Waals surface area contributed by atoms with Crippen LogP contribution in [0, 0.1) is 11.8 Å². The maximum Gasteiger partial charge on any atom is 0.272 e. The van der Waals surface area contributed by atoms with E-state index < -0.39 is 0 Å². The number of carbonyl (C=O) groups is 1. The zero-order valence-corrected chi connectivity index (χ0v) is 9.60. The molecule has 17 heavy (non-hydrogen) atoms. The Morgan fingerprint density at radius 1 is 1.29 bits per heavy atom. The van der Waals surface area contributed by atoms with Crippen LogP contribution in [-0.4, -0.2) is 22.1 Å². The fraction of sp³-hybridized carbons (Fsp3) is 0.583. The average molecular weight is 232 g/mol. The van der Waals surface area contributed by atoms with Crippen LogP contribution >= 0.6 is 0 Å². The van der Waals surface area contributed by atoms with Crippen molar-refractivity contribution in [2.45, 2.75) is 31.7 Å². The Morgan fingerprint density at radius 2 is 2.18 bits per heavy atom. The van der Waals surface area contributed by atoms with E-state index in [0.29, 0.717) is 23.5 Å². The normalized spacial score (nSPS) is 30.5. The number of nitrogen functional groups attached to an aromatic ring is 1. The second kappa shape index (κ2) is 3.98. The van der Waals surface area contributed by atoms with Gasteiger partial charge in [0, 0.05) is 6.04 Å². The number of fused-ring (bicyclic) bond motifs is 2. The highest BCUT2D eigenvalue weighted by Crippen LogP contribution is 2.44. The number of nitrogens with one attached hydrogen (secondary N) is 1. The zero-order valence-electron chi connectivity index (χ0n) is 9.60. The van der Waals surface area contributed by atoms with Gasteiger partial charge < -0.3 is 11.1 Å². The Labute approximate surface area is 99.8 Å². The number of hydrogen-bond donors (Lipinski definition) is 2. The van der Waals surface area contributed by atoms with Gasteiger partial charge in [0.15, 0.2) is 5.69 Å². The summed E-state index contributed by atoms with van der Waals surface area (Å²) >= 11 is 0. The molecular weight excluding hydrogens is 216 g/mol. The van der Waals surface area contributed by atoms with Crippen molar-refractivity contribution < 1.29 is 4.79 Å². The monoisotopic (exact) mass is 232 g/mol. The van der Waals surface area contributed by atoms with Gasteiger partial charge in [0.1, 0.15) is 5.82 Å². The summed E-state index contributed by atoms with van der Waals surface area (Å²) in [7, 11) is 0. The molecule has 3 N–H and O–H groups in total. The summed E-state index contributed by atoms with van der Waals surface area (Å²) < 4.78 is 0. The van der Waals surface area contributed by atoms with Crippen LogP contribution in [0.2, 0.25) is 0 Å². The van der Waals surface area contributed by atoms with Gasteiger partial charge in [-0.2, -0.15) is 0 Å². The van der Waals surface area contributed by atoms with Crippen LogP contribution in [0.4, 0.5) is 5.82 Å². The van der Waals surface area contributed by atoms with Gasteiger partial charge in [0.05, 0.1) is 0 Å². The maximum absolute atomic E-state index is 11.9. The Bertz CT molecular complexity index is 431. The van der Waals surface area contributed by atoms with Crippen LogP contribution in [0.1, 0.15) is 36.2 Å². The second-order valence-corrected chi connectivity index (χ2v) is 5.10. The first kappa shape index (κ1) is 10.5. The third-order valence-corrected chi connectivity index (χ3v) is 3.97. The molecule has 3 atom stereocenters. The molecular formula is C12H16N4O. The first-order valence-electron chi connectivity index (χ1n) is 6.12. The van der Waals surface area contributed by atoms with E-state index in [4.69, 9.17) is 5.73 Å². The van der Waals surface area contributed by atoms with Gasteiger partial charge in [-0.15, -0.1) is 10.2 Å². The average Bonchev–Trinajstić information content (AvgIpc) is 2.91. The predicted octanol–water partition coefficient (Wildman–Crippen LogP) is 0.977. The number of amides is 1. The highest BCUT2D eigenvalue weighted by Gasteiger charge is 2.40. The summed E-state index contributed by atoms with van der Waals surface area (Å²) in [6.45, 7) is 0. The molecule has 1 aromatic rings. The first-order valence-corrected chi connectivity index (χ1v) is 6.12. The van der Waals surface area contributed by atoms with E-state index in [1.807, 2.05) is 0 Å². The quantitative estimate of drug-likeness (QED) is 0.796. The van der Waals surface area contributed by atoms with Crippen LogP contribution in [0.25, 0.3) is 0 Å². The topological polar surface area (TPSA) is 80.9 Å². The van der Waals surface area contributed by atoms with Crippen LogP contribution in [0.15, 0.2) is 12.1 Å². The van der Waals surface area contributed by atoms with Gasteiger partial charge in [0.25, 0.3) is 5.91 Å². The number of rotatable bonds is 2. The molecule has 3 rings (SSSR count). The Morgan fingerprint density at radius 3 is 2.76 bits per heavy atom. The maximum atomic E-state index is 11.9. The summed E-state index contributed by atoms with van der Waals surface area (Å²) in [5.74, 6) is 1.70. The van der Waals surface area contributed by atoms with Gasteiger partial charge in [-0.1, -0.05) is 6.42 Å². The van der Waals surface area contributed by atoms with Gasteiger partial charge in [-0.25, -0.2) is 0 Å². The van der Waals surface area contributed by atoms with E-state index in [-0.39, 0.29) is 5.91 Å². The molecule has 90 valence electrons. The van der Waals surface area contributed by atoms with E-state index >= 15 is 0 Å². The third kappa shape index (κ3) is 1.97. The predicted molar refractivity (Wildman–Crippen MR) is 63.1 cm³/mol. The lowest BCUT2D eigenvalue weighted by Gasteiger charge is -2.22. The van der Waals surface area contributed by atoms with E-state index in [9.17, 15) is 4.79 Å². The van der Waals surface area contributed by atoms with Crippen LogP contribution in [0.5, 0.6) is 0 Å². The molecule has 2 bridgehead atoms. The van der Waals surface area contributed by atoms with E-state index in [1.165, 1.54) is 19.3 Å². The molecule has 0 aromatic carbocycles. The second-order valence-electron chi connectivity index (χ2n) is 5.10. The van der Waals surface area contributed by atoms with Crippen molar-refractivity contribution in [2.75, 3.05) is 5.73 Å². The van der Waals surface area contributed by atoms with Crippen molar-refractivity contribution in [3.05, 3.63) is 17.8 Å². The van der Waals surface area contributed by atoms with Crippen molar-refractivity contribution in [3.63, 3.8) is 0 Å². The van der Waals surface area contributed by atoms with E-state index in [1.54, 1.807) is 12.1 Å². The van der Waals surface area contributed by atoms with Gasteiger partial charge in [-0.05, 0) is 43.2 Å². The van der Waals surface area contributed by atoms with Crippen molar-refractivity contribution in [1.29, 1.82) is 0 Å². The minimum atomic E-state index is -0.130. The highest BCUT2D eigenvalue weighted by atomic mass is 16.2. The van der Waals surface area contributed by atoms with Crippen molar-refractivity contribution in [2.24, 2.45) is 11.8 Å². The minimum absolute atomic E-state index is 0.130. The Kier molecular flexibility index (Phi) is 2.46. The number of nitrogens with zero attached hydrogens (tertiary/aromatic N) is 2. The molecule has 1 heterocycles. The molecule has 0 spiro atoms. The number of aromatic nitrogens is 2. The van der Waals surface area contributed by atoms with Crippen molar-refractivity contribution in [3.8, 4) is 0 Å². The molecule has 2 aliphatic rings. The summed E-state index contributed by atoms with van der Waals surface area (Å²) in [4.78, 5) is 11.9. The lowest BCUT2D eigenvalue weighted by molar-refractivity contribution is 0.0917. The largest absolute Gasteiger partial charge is 0.382 e. The Balaban J connectivity index is 1.65. The summed E-state index contributed by atoms with van der Waals surface area (Å²) in [6, 6.07) is 3.55. The highest BCUT2D eigenvalue weighted by molar-refractivity contribution is 5.92. The molecule has 0 aliphatic heterocycles. The molecule has 2 aliphatic carbocycles. The number of anilines is 1. The molecule has 5 heteroatoms. The van der Waals surface area contributed by atoms with Crippen LogP contribution in [0.3, 0.4) is 0 Å². The number of nitrogens with two attached hydrogens (primary N) is 1. The van der Waals surface area contributed by atoms with Crippen molar-refractivity contribution in [1.82, 2.24) is 15.5 Å². The molecule has 0 radical (unpaired) electrons. The van der Waals surface area contributed by atoms with Crippen LogP contribution < -0.4 is 11.1 Å². The van der Waals surface area contributed by atoms with E-state index in [2.05, 4.69) is 15.5 Å². The molecule has 1 amide bonds. The SMILES string of the molecule is Nc1ccc(C(=O)NC2CC3CCC2C3)nn1. The van der Waals surface area contributed by atoms with Gasteiger partial charge in [-0.3, -0.25) is 4.79 Å². The van der Waals surface area contributed by atoms with E-state index in [0.717, 1.165) is 12.3 Å². The zero-order chi connectivity index (χ0) is 11.8. The molecule has 0 saturated heterocycles. The Hall–Kier alpha value is -1.65. The summed E-state index contributed by atoms with van der Waals surface area (Å²) in [6.07, 6.45) is 4.99. The van der Waals surface area contributed by atoms with Gasteiger partial charge >= 0.3 is 0 Å². The standard InChI is InChI=1S/C12H16N4O/c13-11-4-3-9(15-16-11)12(17)14-10-6-7-1-2-8(10)5-7/h3-4,7-8,10H,1-2,5-6H2,(H2,13,16)(H,14,17).